The predicted molar refractivity (Wildman–Crippen MR) is 108 cm³/mol. The first-order valence-corrected chi connectivity index (χ1v) is 9.15. The third-order valence-electron chi connectivity index (χ3n) is 4.00. The number of rotatable bonds is 5. The van der Waals surface area contributed by atoms with Gasteiger partial charge in [0.15, 0.2) is 0 Å². The highest BCUT2D eigenvalue weighted by Gasteiger charge is 2.15. The van der Waals surface area contributed by atoms with Crippen LogP contribution in [0.1, 0.15) is 0 Å². The van der Waals surface area contributed by atoms with Crippen LogP contribution >= 0.6 is 23.2 Å². The highest BCUT2D eigenvalue weighted by molar-refractivity contribution is 6.31. The van der Waals surface area contributed by atoms with Gasteiger partial charge in [-0.3, -0.25) is 4.79 Å². The Morgan fingerprint density at radius 2 is 1.86 bits per heavy atom. The number of anilines is 1. The molecule has 0 aliphatic heterocycles. The summed E-state index contributed by atoms with van der Waals surface area (Å²) in [5.74, 6) is 0.560. The number of aromatic nitrogens is 3. The summed E-state index contributed by atoms with van der Waals surface area (Å²) >= 11 is 11.9. The molecule has 0 saturated heterocycles. The molecule has 6 nitrogen and oxygen atoms in total. The van der Waals surface area contributed by atoms with E-state index in [0.29, 0.717) is 33.1 Å². The molecule has 2 aromatic carbocycles. The van der Waals surface area contributed by atoms with Crippen molar-refractivity contribution in [3.8, 4) is 23.0 Å². The van der Waals surface area contributed by atoms with Crippen LogP contribution in [0.4, 0.5) is 5.69 Å². The zero-order chi connectivity index (χ0) is 19.5. The van der Waals surface area contributed by atoms with E-state index < -0.39 is 0 Å². The second kappa shape index (κ2) is 7.88. The number of hydrogen-bond acceptors (Lipinski definition) is 4. The van der Waals surface area contributed by atoms with E-state index in [-0.39, 0.29) is 12.5 Å². The maximum atomic E-state index is 12.4. The number of halogens is 2. The molecule has 28 heavy (non-hydrogen) atoms. The molecule has 1 amide bonds. The van der Waals surface area contributed by atoms with Gasteiger partial charge in [0.1, 0.15) is 12.2 Å². The van der Waals surface area contributed by atoms with Gasteiger partial charge in [-0.2, -0.15) is 4.98 Å². The summed E-state index contributed by atoms with van der Waals surface area (Å²) in [5.41, 5.74) is 2.07. The van der Waals surface area contributed by atoms with Crippen molar-refractivity contribution in [3.05, 3.63) is 76.9 Å². The van der Waals surface area contributed by atoms with Crippen molar-refractivity contribution < 1.29 is 9.32 Å². The van der Waals surface area contributed by atoms with Crippen molar-refractivity contribution in [2.45, 2.75) is 6.54 Å². The summed E-state index contributed by atoms with van der Waals surface area (Å²) < 4.78 is 7.12. The Hall–Kier alpha value is -3.09. The number of hydrogen-bond donors (Lipinski definition) is 1. The molecule has 8 heteroatoms. The Morgan fingerprint density at radius 1 is 1.04 bits per heavy atom. The van der Waals surface area contributed by atoms with E-state index in [1.54, 1.807) is 47.2 Å². The summed E-state index contributed by atoms with van der Waals surface area (Å²) in [5, 5.41) is 8.03. The SMILES string of the molecule is O=C(Cn1cccc1-c1nc(-c2cccc(Cl)c2)no1)Nc1ccc(Cl)cc1. The maximum absolute atomic E-state index is 12.4. The summed E-state index contributed by atoms with van der Waals surface area (Å²) in [7, 11) is 0. The summed E-state index contributed by atoms with van der Waals surface area (Å²) in [6.07, 6.45) is 1.78. The van der Waals surface area contributed by atoms with E-state index in [4.69, 9.17) is 27.7 Å². The number of amides is 1. The van der Waals surface area contributed by atoms with Gasteiger partial charge in [-0.15, -0.1) is 0 Å². The molecule has 0 atom stereocenters. The predicted octanol–water partition coefficient (Wildman–Crippen LogP) is 5.15. The fourth-order valence-corrected chi connectivity index (χ4v) is 3.02. The van der Waals surface area contributed by atoms with Crippen LogP contribution in [0.5, 0.6) is 0 Å². The zero-order valence-corrected chi connectivity index (χ0v) is 16.0. The highest BCUT2D eigenvalue weighted by Crippen LogP contribution is 2.24. The van der Waals surface area contributed by atoms with Gasteiger partial charge in [0, 0.05) is 27.5 Å². The van der Waals surface area contributed by atoms with Gasteiger partial charge in [0.2, 0.25) is 11.7 Å². The largest absolute Gasteiger partial charge is 0.334 e. The Balaban J connectivity index is 1.51. The quantitative estimate of drug-likeness (QED) is 0.491. The molecule has 0 saturated carbocycles. The molecule has 0 fully saturated rings. The van der Waals surface area contributed by atoms with Gasteiger partial charge < -0.3 is 14.4 Å². The van der Waals surface area contributed by atoms with Gasteiger partial charge in [-0.25, -0.2) is 0 Å². The number of nitrogens with one attached hydrogen (secondary N) is 1. The molecule has 4 aromatic rings. The topological polar surface area (TPSA) is 73.0 Å². The molecule has 1 N–H and O–H groups in total. The zero-order valence-electron chi connectivity index (χ0n) is 14.5. The average Bonchev–Trinajstić information content (AvgIpc) is 3.33. The van der Waals surface area contributed by atoms with Crippen molar-refractivity contribution in [1.29, 1.82) is 0 Å². The molecule has 2 aromatic heterocycles. The van der Waals surface area contributed by atoms with Crippen molar-refractivity contribution in [2.24, 2.45) is 0 Å². The fraction of sp³-hybridized carbons (Fsp3) is 0.0500. The molecular weight excluding hydrogens is 399 g/mol. The standard InChI is InChI=1S/C20H14Cl2N4O2/c21-14-6-8-16(9-7-14)23-18(27)12-26-10-2-5-17(26)20-24-19(25-28-20)13-3-1-4-15(22)11-13/h1-11H,12H2,(H,23,27). The van der Waals surface area contributed by atoms with Crippen molar-refractivity contribution in [2.75, 3.05) is 5.32 Å². The van der Waals surface area contributed by atoms with E-state index in [1.807, 2.05) is 24.3 Å². The van der Waals surface area contributed by atoms with Gasteiger partial charge in [-0.1, -0.05) is 40.5 Å². The molecule has 0 radical (unpaired) electrons. The molecule has 0 aliphatic rings. The van der Waals surface area contributed by atoms with E-state index in [0.717, 1.165) is 5.56 Å². The van der Waals surface area contributed by atoms with Crippen molar-refractivity contribution >= 4 is 34.8 Å². The lowest BCUT2D eigenvalue weighted by atomic mass is 10.2. The first-order valence-electron chi connectivity index (χ1n) is 8.39. The lowest BCUT2D eigenvalue weighted by Gasteiger charge is -2.08. The number of nitrogens with zero attached hydrogens (tertiary/aromatic N) is 3. The average molecular weight is 413 g/mol. The second-order valence-corrected chi connectivity index (χ2v) is 6.88. The summed E-state index contributed by atoms with van der Waals surface area (Å²) in [6.45, 7) is 0.0971. The molecular formula is C20H14Cl2N4O2. The minimum Gasteiger partial charge on any atom is -0.334 e. The molecule has 0 bridgehead atoms. The van der Waals surface area contributed by atoms with E-state index in [2.05, 4.69) is 15.5 Å². The Bertz CT molecular complexity index is 1120. The Morgan fingerprint density at radius 3 is 2.64 bits per heavy atom. The van der Waals surface area contributed by atoms with Crippen LogP contribution in [0.15, 0.2) is 71.4 Å². The van der Waals surface area contributed by atoms with Crippen molar-refractivity contribution in [1.82, 2.24) is 14.7 Å². The summed E-state index contributed by atoms with van der Waals surface area (Å²) in [4.78, 5) is 16.8. The van der Waals surface area contributed by atoms with Crippen molar-refractivity contribution in [3.63, 3.8) is 0 Å². The van der Waals surface area contributed by atoms with Gasteiger partial charge in [0.05, 0.1) is 0 Å². The van der Waals surface area contributed by atoms with Gasteiger partial charge >= 0.3 is 0 Å². The van der Waals surface area contributed by atoms with E-state index in [9.17, 15) is 4.79 Å². The monoisotopic (exact) mass is 412 g/mol. The summed E-state index contributed by atoms with van der Waals surface area (Å²) in [6, 6.07) is 17.7. The first-order chi connectivity index (χ1) is 13.6. The van der Waals surface area contributed by atoms with Crippen LogP contribution in [0.25, 0.3) is 23.0 Å². The molecule has 2 heterocycles. The minimum atomic E-state index is -0.186. The maximum Gasteiger partial charge on any atom is 0.274 e. The third-order valence-corrected chi connectivity index (χ3v) is 4.49. The van der Waals surface area contributed by atoms with Crippen LogP contribution in [-0.2, 0) is 11.3 Å². The van der Waals surface area contributed by atoms with Crippen LogP contribution in [0, 0.1) is 0 Å². The number of benzene rings is 2. The second-order valence-electron chi connectivity index (χ2n) is 6.01. The first kappa shape index (κ1) is 18.3. The molecule has 140 valence electrons. The normalized spacial score (nSPS) is 10.8. The van der Waals surface area contributed by atoms with Crippen LogP contribution in [-0.4, -0.2) is 20.6 Å². The van der Waals surface area contributed by atoms with E-state index >= 15 is 0 Å². The molecule has 0 unspecified atom stereocenters. The molecule has 4 rings (SSSR count). The van der Waals surface area contributed by atoms with Crippen LogP contribution < -0.4 is 5.32 Å². The number of carbonyl (C=O) groups excluding carboxylic acids is 1. The molecule has 0 aliphatic carbocycles. The number of carbonyl (C=O) groups is 1. The highest BCUT2D eigenvalue weighted by atomic mass is 35.5. The van der Waals surface area contributed by atoms with Gasteiger partial charge in [0.25, 0.3) is 5.89 Å². The Labute approximate surface area is 170 Å². The fourth-order valence-electron chi connectivity index (χ4n) is 2.71. The Kier molecular flexibility index (Phi) is 5.14. The lowest BCUT2D eigenvalue weighted by Crippen LogP contribution is -2.18. The van der Waals surface area contributed by atoms with E-state index in [1.165, 1.54) is 0 Å². The smallest absolute Gasteiger partial charge is 0.274 e. The van der Waals surface area contributed by atoms with Crippen LogP contribution in [0.2, 0.25) is 10.0 Å². The minimum absolute atomic E-state index is 0.0971. The third kappa shape index (κ3) is 4.08. The van der Waals surface area contributed by atoms with Crippen LogP contribution in [0.3, 0.4) is 0 Å². The van der Waals surface area contributed by atoms with Gasteiger partial charge in [-0.05, 0) is 48.5 Å². The lowest BCUT2D eigenvalue weighted by molar-refractivity contribution is -0.116. The molecule has 0 spiro atoms.